The fourth-order valence-corrected chi connectivity index (χ4v) is 7.87. The molecule has 1 amide bonds. The van der Waals surface area contributed by atoms with Crippen LogP contribution in [0.2, 0.25) is 0 Å². The van der Waals surface area contributed by atoms with Crippen molar-refractivity contribution in [2.24, 2.45) is 11.8 Å². The summed E-state index contributed by atoms with van der Waals surface area (Å²) in [6.45, 7) is 2.82. The summed E-state index contributed by atoms with van der Waals surface area (Å²) in [5.74, 6) is -0.596. The molecule has 2 saturated heterocycles. The van der Waals surface area contributed by atoms with E-state index in [2.05, 4.69) is 40.5 Å². The molecule has 3 fully saturated rings. The standard InChI is InChI=1S/C31H38F2N2O3/c1-37-27-9-5-8-24-28(27)38-17-15-30(24)20-34-19-25(30)29(36)35-16-12-23(21-6-3-2-4-7-21)18-26(35)22-10-13-31(32,33)14-11-22/h2-9,22-23,25-26,34H,10-20H2,1H3/p+1/t23-,25+,26+,30+/m1/s1. The maximum atomic E-state index is 14.5. The van der Waals surface area contributed by atoms with Gasteiger partial charge in [0.25, 0.3) is 0 Å². The number of halogens is 2. The van der Waals surface area contributed by atoms with E-state index in [0.29, 0.717) is 37.7 Å². The van der Waals surface area contributed by atoms with Crippen molar-refractivity contribution in [2.45, 2.75) is 68.2 Å². The van der Waals surface area contributed by atoms with Gasteiger partial charge in [-0.1, -0.05) is 42.5 Å². The van der Waals surface area contributed by atoms with Crippen LogP contribution in [-0.4, -0.2) is 56.1 Å². The number of amides is 1. The van der Waals surface area contributed by atoms with Gasteiger partial charge in [-0.15, -0.1) is 0 Å². The molecule has 204 valence electrons. The van der Waals surface area contributed by atoms with E-state index in [9.17, 15) is 13.6 Å². The molecular weight excluding hydrogens is 486 g/mol. The first-order chi connectivity index (χ1) is 18.4. The van der Waals surface area contributed by atoms with Gasteiger partial charge in [-0.05, 0) is 55.6 Å². The molecule has 38 heavy (non-hydrogen) atoms. The summed E-state index contributed by atoms with van der Waals surface area (Å²) < 4.78 is 39.9. The van der Waals surface area contributed by atoms with Crippen molar-refractivity contribution < 1.29 is 28.4 Å². The quantitative estimate of drug-likeness (QED) is 0.639. The number of nitrogens with zero attached hydrogens (tertiary/aromatic N) is 1. The van der Waals surface area contributed by atoms with Crippen molar-refractivity contribution in [3.63, 3.8) is 0 Å². The lowest BCUT2D eigenvalue weighted by Crippen LogP contribution is -2.82. The van der Waals surface area contributed by atoms with Gasteiger partial charge in [0.1, 0.15) is 5.92 Å². The lowest BCUT2D eigenvalue weighted by Gasteiger charge is -2.47. The van der Waals surface area contributed by atoms with Gasteiger partial charge < -0.3 is 19.7 Å². The number of quaternary nitrogens is 1. The van der Waals surface area contributed by atoms with E-state index in [1.54, 1.807) is 7.11 Å². The van der Waals surface area contributed by atoms with Gasteiger partial charge in [-0.2, -0.15) is 0 Å². The Morgan fingerprint density at radius 2 is 1.84 bits per heavy atom. The second-order valence-corrected chi connectivity index (χ2v) is 11.8. The number of hydrogen-bond donors (Lipinski definition) is 1. The highest BCUT2D eigenvalue weighted by Gasteiger charge is 2.56. The monoisotopic (exact) mass is 525 g/mol. The van der Waals surface area contributed by atoms with E-state index in [4.69, 9.17) is 9.47 Å². The molecule has 2 aromatic rings. The number of alkyl halides is 2. The second kappa shape index (κ2) is 10.1. The third kappa shape index (κ3) is 4.47. The highest BCUT2D eigenvalue weighted by Crippen LogP contribution is 2.50. The summed E-state index contributed by atoms with van der Waals surface area (Å²) in [6, 6.07) is 16.5. The number of benzene rings is 2. The Balaban J connectivity index is 1.31. The Morgan fingerprint density at radius 3 is 2.61 bits per heavy atom. The molecule has 4 atom stereocenters. The summed E-state index contributed by atoms with van der Waals surface area (Å²) in [7, 11) is 1.65. The van der Waals surface area contributed by atoms with Gasteiger partial charge in [0.05, 0.1) is 32.2 Å². The minimum atomic E-state index is -2.58. The number of piperidine rings is 1. The first-order valence-electron chi connectivity index (χ1n) is 14.3. The molecule has 2 N–H and O–H groups in total. The van der Waals surface area contributed by atoms with E-state index < -0.39 is 5.92 Å². The van der Waals surface area contributed by atoms with Crippen LogP contribution in [0.15, 0.2) is 48.5 Å². The molecule has 5 nitrogen and oxygen atoms in total. The Kier molecular flexibility index (Phi) is 6.83. The average molecular weight is 526 g/mol. The SMILES string of the molecule is COc1cccc2c1OCC[C@]21C[NH2+]C[C@H]1C(=O)N1CC[C@@H](c2ccccc2)C[C@H]1C1CCC(F)(F)CC1. The number of likely N-dealkylation sites (tertiary alicyclic amines) is 1. The number of methoxy groups -OCH3 is 1. The Morgan fingerprint density at radius 1 is 1.05 bits per heavy atom. The van der Waals surface area contributed by atoms with E-state index in [1.807, 2.05) is 18.2 Å². The average Bonchev–Trinajstić information content (AvgIpc) is 3.36. The minimum Gasteiger partial charge on any atom is -0.493 e. The van der Waals surface area contributed by atoms with Gasteiger partial charge >= 0.3 is 0 Å². The van der Waals surface area contributed by atoms with Crippen LogP contribution in [0, 0.1) is 11.8 Å². The topological polar surface area (TPSA) is 55.4 Å². The van der Waals surface area contributed by atoms with Crippen molar-refractivity contribution in [3.05, 3.63) is 59.7 Å². The molecule has 4 aliphatic rings. The van der Waals surface area contributed by atoms with Crippen LogP contribution in [0.3, 0.4) is 0 Å². The predicted octanol–water partition coefficient (Wildman–Crippen LogP) is 4.51. The van der Waals surface area contributed by atoms with Crippen LogP contribution < -0.4 is 14.8 Å². The Hall–Kier alpha value is -2.67. The molecule has 7 heteroatoms. The molecule has 0 unspecified atom stereocenters. The predicted molar refractivity (Wildman–Crippen MR) is 141 cm³/mol. The maximum Gasteiger partial charge on any atom is 0.248 e. The molecule has 6 rings (SSSR count). The zero-order valence-corrected chi connectivity index (χ0v) is 22.2. The maximum absolute atomic E-state index is 14.5. The fourth-order valence-electron chi connectivity index (χ4n) is 7.87. The van der Waals surface area contributed by atoms with Gasteiger partial charge in [0.15, 0.2) is 11.5 Å². The summed E-state index contributed by atoms with van der Waals surface area (Å²) >= 11 is 0. The molecule has 0 aromatic heterocycles. The van der Waals surface area contributed by atoms with E-state index in [0.717, 1.165) is 43.7 Å². The normalized spacial score (nSPS) is 31.0. The zero-order chi connectivity index (χ0) is 26.3. The molecule has 1 aliphatic carbocycles. The van der Waals surface area contributed by atoms with Crippen molar-refractivity contribution in [1.29, 1.82) is 0 Å². The third-order valence-corrected chi connectivity index (χ3v) is 9.91. The van der Waals surface area contributed by atoms with Crippen molar-refractivity contribution in [1.82, 2.24) is 4.90 Å². The van der Waals surface area contributed by atoms with E-state index in [1.165, 1.54) is 5.56 Å². The molecule has 2 aromatic carbocycles. The van der Waals surface area contributed by atoms with Crippen LogP contribution in [0.1, 0.15) is 62.0 Å². The van der Waals surface area contributed by atoms with E-state index in [-0.39, 0.29) is 42.0 Å². The molecule has 1 spiro atoms. The molecule has 3 aliphatic heterocycles. The molecular formula is C31H39F2N2O3+. The van der Waals surface area contributed by atoms with Crippen LogP contribution in [0.25, 0.3) is 0 Å². The number of carbonyl (C=O) groups is 1. The largest absolute Gasteiger partial charge is 0.493 e. The molecule has 0 radical (unpaired) electrons. The number of ether oxygens (including phenoxy) is 2. The van der Waals surface area contributed by atoms with Crippen LogP contribution in [0.5, 0.6) is 11.5 Å². The highest BCUT2D eigenvalue weighted by molar-refractivity contribution is 5.82. The Labute approximate surface area is 223 Å². The lowest BCUT2D eigenvalue weighted by atomic mass is 9.67. The van der Waals surface area contributed by atoms with Gasteiger partial charge in [0, 0.05) is 31.0 Å². The second-order valence-electron chi connectivity index (χ2n) is 11.8. The summed E-state index contributed by atoms with van der Waals surface area (Å²) in [5, 5.41) is 2.27. The van der Waals surface area contributed by atoms with Crippen molar-refractivity contribution in [2.75, 3.05) is 33.4 Å². The zero-order valence-electron chi connectivity index (χ0n) is 22.2. The van der Waals surface area contributed by atoms with Gasteiger partial charge in [-0.25, -0.2) is 8.78 Å². The van der Waals surface area contributed by atoms with Crippen molar-refractivity contribution in [3.8, 4) is 11.5 Å². The molecule has 1 saturated carbocycles. The third-order valence-electron chi connectivity index (χ3n) is 9.91. The Bertz CT molecular complexity index is 1150. The van der Waals surface area contributed by atoms with Crippen LogP contribution >= 0.6 is 0 Å². The number of nitrogens with two attached hydrogens (primary N) is 1. The number of para-hydroxylation sites is 1. The lowest BCUT2D eigenvalue weighted by molar-refractivity contribution is -0.640. The molecule has 0 bridgehead atoms. The summed E-state index contributed by atoms with van der Waals surface area (Å²) in [4.78, 5) is 16.7. The highest BCUT2D eigenvalue weighted by atomic mass is 19.3. The van der Waals surface area contributed by atoms with Gasteiger partial charge in [0.2, 0.25) is 11.8 Å². The van der Waals surface area contributed by atoms with Crippen LogP contribution in [0.4, 0.5) is 8.78 Å². The van der Waals surface area contributed by atoms with Crippen molar-refractivity contribution >= 4 is 5.91 Å². The fraction of sp³-hybridized carbons (Fsp3) is 0.581. The van der Waals surface area contributed by atoms with E-state index >= 15 is 0 Å². The van der Waals surface area contributed by atoms with Gasteiger partial charge in [-0.3, -0.25) is 4.79 Å². The number of carbonyl (C=O) groups excluding carboxylic acids is 1. The molecule has 3 heterocycles. The minimum absolute atomic E-state index is 0.000161. The van der Waals surface area contributed by atoms with Crippen LogP contribution in [-0.2, 0) is 10.2 Å². The summed E-state index contributed by atoms with van der Waals surface area (Å²) in [5.41, 5.74) is 2.06. The number of rotatable bonds is 4. The first kappa shape index (κ1) is 25.6. The first-order valence-corrected chi connectivity index (χ1v) is 14.3. The summed E-state index contributed by atoms with van der Waals surface area (Å²) in [6.07, 6.45) is 3.38. The number of hydrogen-bond acceptors (Lipinski definition) is 3. The smallest absolute Gasteiger partial charge is 0.248 e. The number of fused-ring (bicyclic) bond motifs is 2.